The summed E-state index contributed by atoms with van der Waals surface area (Å²) >= 11 is 5.08. The average molecular weight is 392 g/mol. The highest BCUT2D eigenvalue weighted by atomic mass is 79.9. The summed E-state index contributed by atoms with van der Waals surface area (Å²) in [5, 5.41) is 2.99. The fraction of sp³-hybridized carbons (Fsp3) is 0.316. The second kappa shape index (κ2) is 8.02. The van der Waals surface area contributed by atoms with Crippen molar-refractivity contribution in [3.63, 3.8) is 0 Å². The normalized spacial score (nSPS) is 12.0. The zero-order valence-electron chi connectivity index (χ0n) is 13.9. The van der Waals surface area contributed by atoms with Gasteiger partial charge in [-0.05, 0) is 56.5 Å². The number of anilines is 1. The van der Waals surface area contributed by atoms with E-state index in [0.29, 0.717) is 0 Å². The van der Waals surface area contributed by atoms with Crippen molar-refractivity contribution in [2.75, 3.05) is 5.32 Å². The van der Waals surface area contributed by atoms with E-state index in [1.54, 1.807) is 11.8 Å². The van der Waals surface area contributed by atoms with Crippen LogP contribution in [0.3, 0.4) is 0 Å². The van der Waals surface area contributed by atoms with Gasteiger partial charge in [-0.15, -0.1) is 11.8 Å². The molecule has 2 aromatic carbocycles. The Balaban J connectivity index is 1.96. The zero-order valence-corrected chi connectivity index (χ0v) is 16.3. The number of halogens is 1. The third-order valence-electron chi connectivity index (χ3n) is 3.71. The third-order valence-corrected chi connectivity index (χ3v) is 5.45. The highest BCUT2D eigenvalue weighted by Gasteiger charge is 2.15. The van der Waals surface area contributed by atoms with Crippen LogP contribution in [0.25, 0.3) is 0 Å². The summed E-state index contributed by atoms with van der Waals surface area (Å²) in [6, 6.07) is 12.4. The molecule has 0 aliphatic rings. The van der Waals surface area contributed by atoms with Crippen molar-refractivity contribution in [2.45, 2.75) is 38.7 Å². The van der Waals surface area contributed by atoms with Gasteiger partial charge >= 0.3 is 0 Å². The Hall–Kier alpha value is -1.26. The number of nitrogens with one attached hydrogen (secondary N) is 1. The van der Waals surface area contributed by atoms with Crippen molar-refractivity contribution >= 4 is 39.3 Å². The first-order chi connectivity index (χ1) is 10.9. The van der Waals surface area contributed by atoms with Crippen LogP contribution in [-0.4, -0.2) is 11.2 Å². The van der Waals surface area contributed by atoms with Crippen LogP contribution in [0.1, 0.15) is 29.2 Å². The second-order valence-corrected chi connectivity index (χ2v) is 8.09. The van der Waals surface area contributed by atoms with Crippen LogP contribution in [0.15, 0.2) is 40.9 Å². The van der Waals surface area contributed by atoms with Gasteiger partial charge in [-0.1, -0.05) is 45.8 Å². The minimum atomic E-state index is -0.0984. The third kappa shape index (κ3) is 5.11. The molecule has 1 N–H and O–H groups in total. The Labute approximate surface area is 151 Å². The SMILES string of the molecule is Cc1cc(C)c(NC(=O)[C@@H](C)SCc2ccc(Br)cc2)c(C)c1. The smallest absolute Gasteiger partial charge is 0.237 e. The molecule has 2 aromatic rings. The van der Waals surface area contributed by atoms with Crippen molar-refractivity contribution in [3.8, 4) is 0 Å². The molecule has 0 spiro atoms. The van der Waals surface area contributed by atoms with Crippen molar-refractivity contribution in [1.82, 2.24) is 0 Å². The summed E-state index contributed by atoms with van der Waals surface area (Å²) in [6.07, 6.45) is 0. The first-order valence-corrected chi connectivity index (χ1v) is 9.45. The van der Waals surface area contributed by atoms with Crippen LogP contribution in [-0.2, 0) is 10.5 Å². The maximum absolute atomic E-state index is 12.4. The Morgan fingerprint density at radius 2 is 1.70 bits per heavy atom. The summed E-state index contributed by atoms with van der Waals surface area (Å²) in [7, 11) is 0. The van der Waals surface area contributed by atoms with Gasteiger partial charge in [0.1, 0.15) is 0 Å². The maximum Gasteiger partial charge on any atom is 0.237 e. The molecule has 2 rings (SSSR count). The molecule has 1 atom stereocenters. The van der Waals surface area contributed by atoms with Gasteiger partial charge in [0.05, 0.1) is 5.25 Å². The van der Waals surface area contributed by atoms with Gasteiger partial charge in [-0.3, -0.25) is 4.79 Å². The van der Waals surface area contributed by atoms with Crippen LogP contribution in [0.5, 0.6) is 0 Å². The van der Waals surface area contributed by atoms with Gasteiger partial charge in [-0.25, -0.2) is 0 Å². The van der Waals surface area contributed by atoms with E-state index in [9.17, 15) is 4.79 Å². The molecular formula is C19H22BrNOS. The Bertz CT molecular complexity index is 674. The molecule has 0 saturated heterocycles. The van der Waals surface area contributed by atoms with Gasteiger partial charge in [0.25, 0.3) is 0 Å². The van der Waals surface area contributed by atoms with Gasteiger partial charge in [0, 0.05) is 15.9 Å². The Morgan fingerprint density at radius 1 is 1.13 bits per heavy atom. The molecule has 0 radical (unpaired) electrons. The molecule has 0 aliphatic heterocycles. The van der Waals surface area contributed by atoms with E-state index >= 15 is 0 Å². The lowest BCUT2D eigenvalue weighted by Gasteiger charge is -2.16. The van der Waals surface area contributed by atoms with E-state index < -0.39 is 0 Å². The van der Waals surface area contributed by atoms with Crippen LogP contribution in [0.2, 0.25) is 0 Å². The topological polar surface area (TPSA) is 29.1 Å². The van der Waals surface area contributed by atoms with E-state index in [1.165, 1.54) is 11.1 Å². The van der Waals surface area contributed by atoms with Crippen LogP contribution in [0, 0.1) is 20.8 Å². The van der Waals surface area contributed by atoms with Crippen molar-refractivity contribution in [1.29, 1.82) is 0 Å². The summed E-state index contributed by atoms with van der Waals surface area (Å²) in [5.74, 6) is 0.885. The molecule has 0 heterocycles. The number of thioether (sulfide) groups is 1. The van der Waals surface area contributed by atoms with Crippen molar-refractivity contribution < 1.29 is 4.79 Å². The van der Waals surface area contributed by atoms with Crippen molar-refractivity contribution in [2.24, 2.45) is 0 Å². The van der Waals surface area contributed by atoms with Crippen LogP contribution in [0.4, 0.5) is 5.69 Å². The predicted molar refractivity (Wildman–Crippen MR) is 104 cm³/mol. The highest BCUT2D eigenvalue weighted by Crippen LogP contribution is 2.24. The van der Waals surface area contributed by atoms with Gasteiger partial charge in [0.2, 0.25) is 5.91 Å². The molecule has 0 unspecified atom stereocenters. The Kier molecular flexibility index (Phi) is 6.31. The molecular weight excluding hydrogens is 370 g/mol. The number of benzene rings is 2. The average Bonchev–Trinajstić information content (AvgIpc) is 2.49. The minimum absolute atomic E-state index is 0.0576. The van der Waals surface area contributed by atoms with Crippen LogP contribution >= 0.6 is 27.7 Å². The number of hydrogen-bond donors (Lipinski definition) is 1. The molecule has 122 valence electrons. The molecule has 0 saturated carbocycles. The number of hydrogen-bond acceptors (Lipinski definition) is 2. The summed E-state index contributed by atoms with van der Waals surface area (Å²) < 4.78 is 1.07. The van der Waals surface area contributed by atoms with Crippen molar-refractivity contribution in [3.05, 3.63) is 63.1 Å². The predicted octanol–water partition coefficient (Wildman–Crippen LogP) is 5.63. The molecule has 1 amide bonds. The fourth-order valence-corrected chi connectivity index (χ4v) is 3.59. The van der Waals surface area contributed by atoms with E-state index in [-0.39, 0.29) is 11.2 Å². The molecule has 0 fully saturated rings. The second-order valence-electron chi connectivity index (χ2n) is 5.84. The summed E-state index contributed by atoms with van der Waals surface area (Å²) in [6.45, 7) is 8.10. The first-order valence-electron chi connectivity index (χ1n) is 7.61. The monoisotopic (exact) mass is 391 g/mol. The number of carbonyl (C=O) groups is 1. The zero-order chi connectivity index (χ0) is 17.0. The number of rotatable bonds is 5. The molecule has 4 heteroatoms. The molecule has 0 aromatic heterocycles. The maximum atomic E-state index is 12.4. The fourth-order valence-electron chi connectivity index (χ4n) is 2.48. The minimum Gasteiger partial charge on any atom is -0.325 e. The van der Waals surface area contributed by atoms with Gasteiger partial charge in [-0.2, -0.15) is 0 Å². The standard InChI is InChI=1S/C19H22BrNOS/c1-12-9-13(2)18(14(3)10-12)21-19(22)15(4)23-11-16-5-7-17(20)8-6-16/h5-10,15H,11H2,1-4H3,(H,21,22)/t15-/m1/s1. The first kappa shape index (κ1) is 18.1. The lowest BCUT2D eigenvalue weighted by molar-refractivity contribution is -0.115. The lowest BCUT2D eigenvalue weighted by Crippen LogP contribution is -2.23. The van der Waals surface area contributed by atoms with E-state index in [0.717, 1.165) is 27.0 Å². The van der Waals surface area contributed by atoms with Crippen LogP contribution < -0.4 is 5.32 Å². The largest absolute Gasteiger partial charge is 0.325 e. The Morgan fingerprint density at radius 3 is 2.26 bits per heavy atom. The van der Waals surface area contributed by atoms with Gasteiger partial charge in [0.15, 0.2) is 0 Å². The summed E-state index contributed by atoms with van der Waals surface area (Å²) in [5.41, 5.74) is 5.61. The summed E-state index contributed by atoms with van der Waals surface area (Å²) in [4.78, 5) is 12.4. The molecule has 0 bridgehead atoms. The number of aryl methyl sites for hydroxylation is 3. The molecule has 2 nitrogen and oxygen atoms in total. The highest BCUT2D eigenvalue weighted by molar-refractivity contribution is 9.10. The lowest BCUT2D eigenvalue weighted by atomic mass is 10.1. The molecule has 0 aliphatic carbocycles. The number of amides is 1. The van der Waals surface area contributed by atoms with E-state index in [1.807, 2.05) is 32.9 Å². The van der Waals surface area contributed by atoms with E-state index in [4.69, 9.17) is 0 Å². The van der Waals surface area contributed by atoms with Gasteiger partial charge < -0.3 is 5.32 Å². The quantitative estimate of drug-likeness (QED) is 0.714. The molecule has 23 heavy (non-hydrogen) atoms. The van der Waals surface area contributed by atoms with E-state index in [2.05, 4.69) is 52.4 Å². The number of carbonyl (C=O) groups excluding carboxylic acids is 1.